The van der Waals surface area contributed by atoms with Crippen LogP contribution in [0.3, 0.4) is 0 Å². The molecule has 0 bridgehead atoms. The van der Waals surface area contributed by atoms with Gasteiger partial charge in [-0.3, -0.25) is 9.59 Å². The second-order valence-electron chi connectivity index (χ2n) is 6.31. The van der Waals surface area contributed by atoms with Gasteiger partial charge in [0.05, 0.1) is 17.2 Å². The summed E-state index contributed by atoms with van der Waals surface area (Å²) in [5.74, 6) is 2.52. The lowest BCUT2D eigenvalue weighted by atomic mass is 9.96. The van der Waals surface area contributed by atoms with E-state index in [2.05, 4.69) is 11.8 Å². The number of carbonyl (C=O) groups is 2. The molecule has 1 unspecified atom stereocenters. The molecule has 0 aliphatic carbocycles. The van der Waals surface area contributed by atoms with Crippen LogP contribution in [-0.4, -0.2) is 25.4 Å². The first-order valence-corrected chi connectivity index (χ1v) is 10.2. The molecule has 0 fully saturated rings. The maximum Gasteiger partial charge on any atom is 0.307 e. The maximum absolute atomic E-state index is 12.2. The largest absolute Gasteiger partial charge is 0.481 e. The summed E-state index contributed by atoms with van der Waals surface area (Å²) in [5, 5.41) is 14.4. The van der Waals surface area contributed by atoms with E-state index in [0.29, 0.717) is 17.5 Å². The molecule has 0 saturated carbocycles. The Kier molecular flexibility index (Phi) is 6.64. The Hall–Kier alpha value is -3.35. The normalized spacial score (nSPS) is 11.9. The quantitative estimate of drug-likeness (QED) is 0.412. The van der Waals surface area contributed by atoms with Gasteiger partial charge in [-0.05, 0) is 18.1 Å². The molecule has 8 nitrogen and oxygen atoms in total. The third-order valence-electron chi connectivity index (χ3n) is 4.35. The number of primary amides is 1. The van der Waals surface area contributed by atoms with Gasteiger partial charge in [-0.1, -0.05) is 49.1 Å². The Balaban J connectivity index is 2.79. The van der Waals surface area contributed by atoms with Gasteiger partial charge in [0, 0.05) is 17.5 Å². The Bertz CT molecular complexity index is 1120. The fourth-order valence-electron chi connectivity index (χ4n) is 2.84. The first kappa shape index (κ1) is 21.9. The van der Waals surface area contributed by atoms with Crippen LogP contribution < -0.4 is 16.6 Å². The van der Waals surface area contributed by atoms with E-state index in [1.165, 1.54) is 6.07 Å². The van der Waals surface area contributed by atoms with Crippen LogP contribution in [0.2, 0.25) is 0 Å². The Morgan fingerprint density at radius 1 is 1.21 bits per heavy atom. The first-order chi connectivity index (χ1) is 13.6. The van der Waals surface area contributed by atoms with Crippen molar-refractivity contribution in [3.05, 3.63) is 47.5 Å². The lowest BCUT2D eigenvalue weighted by molar-refractivity contribution is -0.141. The van der Waals surface area contributed by atoms with Crippen molar-refractivity contribution in [3.63, 3.8) is 0 Å². The van der Waals surface area contributed by atoms with E-state index in [-0.39, 0.29) is 17.7 Å². The molecular formula is C20H21N3O5S. The molecule has 152 valence electrons. The van der Waals surface area contributed by atoms with E-state index in [1.54, 1.807) is 37.3 Å². The summed E-state index contributed by atoms with van der Waals surface area (Å²) in [7, 11) is -4.40. The van der Waals surface area contributed by atoms with E-state index in [1.807, 2.05) is 0 Å². The second-order valence-corrected chi connectivity index (χ2v) is 7.81. The number of benzene rings is 2. The first-order valence-electron chi connectivity index (χ1n) is 8.64. The highest BCUT2D eigenvalue weighted by Crippen LogP contribution is 2.34. The van der Waals surface area contributed by atoms with Crippen molar-refractivity contribution >= 4 is 27.6 Å². The minimum absolute atomic E-state index is 0.00710. The lowest BCUT2D eigenvalue weighted by Gasteiger charge is -2.15. The van der Waals surface area contributed by atoms with E-state index in [0.717, 1.165) is 0 Å². The Labute approximate surface area is 168 Å². The van der Waals surface area contributed by atoms with Gasteiger partial charge in [0.2, 0.25) is 10.0 Å². The van der Waals surface area contributed by atoms with Crippen LogP contribution in [0.4, 0.5) is 5.69 Å². The number of carbonyl (C=O) groups excluding carboxylic acids is 1. The molecule has 1 atom stereocenters. The van der Waals surface area contributed by atoms with Crippen LogP contribution in [-0.2, 0) is 14.8 Å². The zero-order valence-corrected chi connectivity index (χ0v) is 16.5. The molecular weight excluding hydrogens is 394 g/mol. The maximum atomic E-state index is 12.2. The van der Waals surface area contributed by atoms with Crippen molar-refractivity contribution in [2.24, 2.45) is 16.8 Å². The molecule has 0 aromatic heterocycles. The third kappa shape index (κ3) is 4.93. The summed E-state index contributed by atoms with van der Waals surface area (Å²) >= 11 is 0. The van der Waals surface area contributed by atoms with E-state index < -0.39 is 38.3 Å². The number of hydrogen-bond acceptors (Lipinski definition) is 5. The van der Waals surface area contributed by atoms with E-state index in [9.17, 15) is 18.0 Å². The number of carboxylic acid groups (broad SMARTS) is 1. The number of anilines is 1. The highest BCUT2D eigenvalue weighted by Gasteiger charge is 2.27. The van der Waals surface area contributed by atoms with Crippen LogP contribution >= 0.6 is 0 Å². The number of amides is 1. The van der Waals surface area contributed by atoms with Crippen LogP contribution in [0.15, 0.2) is 41.3 Å². The summed E-state index contributed by atoms with van der Waals surface area (Å²) in [6.07, 6.45) is 0.350. The van der Waals surface area contributed by atoms with Gasteiger partial charge < -0.3 is 16.6 Å². The summed E-state index contributed by atoms with van der Waals surface area (Å²) in [4.78, 5) is 22.6. The molecule has 2 rings (SSSR count). The van der Waals surface area contributed by atoms with Gasteiger partial charge in [-0.2, -0.15) is 0 Å². The summed E-state index contributed by atoms with van der Waals surface area (Å²) < 4.78 is 24.4. The number of primary sulfonamides is 1. The van der Waals surface area contributed by atoms with E-state index in [4.69, 9.17) is 21.7 Å². The summed E-state index contributed by atoms with van der Waals surface area (Å²) in [5.41, 5.74) is 11.8. The molecule has 2 aromatic rings. The van der Waals surface area contributed by atoms with Gasteiger partial charge in [0.25, 0.3) is 5.91 Å². The highest BCUT2D eigenvalue weighted by molar-refractivity contribution is 7.89. The molecule has 1 amide bonds. The molecule has 0 saturated heterocycles. The van der Waals surface area contributed by atoms with Crippen LogP contribution in [0.25, 0.3) is 11.1 Å². The average molecular weight is 415 g/mol. The van der Waals surface area contributed by atoms with Crippen molar-refractivity contribution < 1.29 is 23.1 Å². The number of rotatable bonds is 6. The fourth-order valence-corrected chi connectivity index (χ4v) is 3.76. The van der Waals surface area contributed by atoms with Crippen LogP contribution in [0.5, 0.6) is 0 Å². The number of nitrogens with two attached hydrogens (primary N) is 3. The van der Waals surface area contributed by atoms with Gasteiger partial charge in [0.1, 0.15) is 4.90 Å². The zero-order valence-electron chi connectivity index (χ0n) is 15.7. The standard InChI is InChI=1S/C20H21N3O5S/c1-2-12(20(25)26)9-6-10-14-11-15(13-7-4-3-5-8-13)17(21)16(19(22)24)18(14)29(23,27)28/h3-5,7-8,11-12H,2,9,21H2,1H3,(H2,22,24)(H,25,26)(H2,23,27,28). The summed E-state index contributed by atoms with van der Waals surface area (Å²) in [6.45, 7) is 1.71. The van der Waals surface area contributed by atoms with Crippen molar-refractivity contribution in [2.75, 3.05) is 5.73 Å². The molecule has 0 spiro atoms. The van der Waals surface area contributed by atoms with Gasteiger partial charge in [-0.15, -0.1) is 0 Å². The molecule has 0 radical (unpaired) electrons. The highest BCUT2D eigenvalue weighted by atomic mass is 32.2. The number of aliphatic carboxylic acids is 1. The number of carboxylic acids is 1. The van der Waals surface area contributed by atoms with Crippen molar-refractivity contribution in [1.29, 1.82) is 0 Å². The van der Waals surface area contributed by atoms with E-state index >= 15 is 0 Å². The topological polar surface area (TPSA) is 167 Å². The van der Waals surface area contributed by atoms with Crippen molar-refractivity contribution in [3.8, 4) is 23.0 Å². The molecule has 29 heavy (non-hydrogen) atoms. The van der Waals surface area contributed by atoms with Crippen LogP contribution in [0.1, 0.15) is 35.7 Å². The van der Waals surface area contributed by atoms with Gasteiger partial charge in [-0.25, -0.2) is 13.6 Å². The SMILES string of the molecule is CCC(CC#Cc1cc(-c2ccccc2)c(N)c(C(N)=O)c1S(N)(=O)=O)C(=O)O. The minimum atomic E-state index is -4.40. The molecule has 2 aromatic carbocycles. The lowest BCUT2D eigenvalue weighted by Crippen LogP contribution is -2.24. The Morgan fingerprint density at radius 2 is 1.83 bits per heavy atom. The number of sulfonamides is 1. The number of hydrogen-bond donors (Lipinski definition) is 4. The summed E-state index contributed by atoms with van der Waals surface area (Å²) in [6, 6.07) is 10.1. The molecule has 0 aliphatic heterocycles. The smallest absolute Gasteiger partial charge is 0.307 e. The predicted octanol–water partition coefficient (Wildman–Crippen LogP) is 1.53. The number of nitrogen functional groups attached to an aromatic ring is 1. The minimum Gasteiger partial charge on any atom is -0.481 e. The molecule has 7 N–H and O–H groups in total. The average Bonchev–Trinajstić information content (AvgIpc) is 2.64. The predicted molar refractivity (Wildman–Crippen MR) is 109 cm³/mol. The van der Waals surface area contributed by atoms with Crippen molar-refractivity contribution in [1.82, 2.24) is 0 Å². The van der Waals surface area contributed by atoms with Gasteiger partial charge in [0.15, 0.2) is 0 Å². The molecule has 0 aliphatic rings. The molecule has 0 heterocycles. The Morgan fingerprint density at radius 3 is 2.31 bits per heavy atom. The monoisotopic (exact) mass is 415 g/mol. The molecule has 9 heteroatoms. The van der Waals surface area contributed by atoms with Crippen LogP contribution in [0, 0.1) is 17.8 Å². The van der Waals surface area contributed by atoms with Crippen molar-refractivity contribution in [2.45, 2.75) is 24.7 Å². The second kappa shape index (κ2) is 8.77. The zero-order chi connectivity index (χ0) is 21.8. The van der Waals surface area contributed by atoms with Gasteiger partial charge >= 0.3 is 5.97 Å². The fraction of sp³-hybridized carbons (Fsp3) is 0.200. The third-order valence-corrected chi connectivity index (χ3v) is 5.34.